The minimum absolute atomic E-state index is 0.0579. The number of hydrogen-bond donors (Lipinski definition) is 2. The standard InChI is InChI=1S/C36H36N4O6.2C3H8.C2H6/c41-24-28(20-26-6-2-1-3-7-26)38-35(43)31-21-27-10-15-30(16-11-27)46-19-5-4-18-45-29-13-8-25(9-14-29)12-17-34(42)32-22-37-23-33(39-32)36(44)40-31;2*1-3-2;1-2/h1-3,6-11,13-16,22-24,28,31H,4-5,12,17-21H2,(H,38,43)(H,40,44);2*3H2,1-2H3;1-2H3/t28?,31-;;;/m0.../s1. The molecule has 0 spiro atoms. The predicted molar refractivity (Wildman–Crippen MR) is 214 cm³/mol. The highest BCUT2D eigenvalue weighted by Gasteiger charge is 2.26. The molecule has 2 N–H and O–H groups in total. The topological polar surface area (TPSA) is 137 Å². The number of aldehydes is 1. The second-order valence-electron chi connectivity index (χ2n) is 12.5. The zero-order valence-corrected chi connectivity index (χ0v) is 32.8. The lowest BCUT2D eigenvalue weighted by atomic mass is 10.0. The Kier molecular flexibility index (Phi) is 21.9. The Bertz CT molecular complexity index is 1660. The van der Waals surface area contributed by atoms with Gasteiger partial charge in [-0.15, -0.1) is 0 Å². The molecule has 2 atom stereocenters. The van der Waals surface area contributed by atoms with Crippen molar-refractivity contribution in [2.75, 3.05) is 13.2 Å². The third-order valence-corrected chi connectivity index (χ3v) is 7.57. The second-order valence-corrected chi connectivity index (χ2v) is 12.5. The van der Waals surface area contributed by atoms with E-state index < -0.39 is 23.9 Å². The van der Waals surface area contributed by atoms with Gasteiger partial charge < -0.3 is 24.9 Å². The first-order valence-electron chi connectivity index (χ1n) is 19.2. The monoisotopic (exact) mass is 738 g/mol. The Morgan fingerprint density at radius 2 is 1.33 bits per heavy atom. The van der Waals surface area contributed by atoms with Crippen LogP contribution >= 0.6 is 0 Å². The molecule has 1 unspecified atom stereocenters. The molecule has 0 fully saturated rings. The van der Waals surface area contributed by atoms with Crippen LogP contribution in [0.1, 0.15) is 111 Å². The van der Waals surface area contributed by atoms with Crippen molar-refractivity contribution in [2.24, 2.45) is 0 Å². The smallest absolute Gasteiger partial charge is 0.272 e. The van der Waals surface area contributed by atoms with Crippen LogP contribution in [-0.4, -0.2) is 59.1 Å². The van der Waals surface area contributed by atoms with Crippen LogP contribution in [0.15, 0.2) is 91.3 Å². The van der Waals surface area contributed by atoms with Gasteiger partial charge in [-0.2, -0.15) is 0 Å². The molecule has 0 aliphatic carbocycles. The van der Waals surface area contributed by atoms with Gasteiger partial charge in [-0.3, -0.25) is 19.4 Å². The highest BCUT2D eigenvalue weighted by molar-refractivity contribution is 5.98. The van der Waals surface area contributed by atoms with Crippen molar-refractivity contribution in [3.05, 3.63) is 119 Å². The molecular formula is C44H58N4O6. The summed E-state index contributed by atoms with van der Waals surface area (Å²) < 4.78 is 11.7. The lowest BCUT2D eigenvalue weighted by Crippen LogP contribution is -2.51. The number of ketones is 1. The maximum Gasteiger partial charge on any atom is 0.272 e. The average Bonchev–Trinajstić information content (AvgIpc) is 3.20. The number of carbonyl (C=O) groups excluding carboxylic acids is 4. The van der Waals surface area contributed by atoms with Gasteiger partial charge in [0.25, 0.3) is 5.91 Å². The molecule has 10 heteroatoms. The summed E-state index contributed by atoms with van der Waals surface area (Å²) >= 11 is 0. The quantitative estimate of drug-likeness (QED) is 0.197. The van der Waals surface area contributed by atoms with E-state index in [0.29, 0.717) is 38.1 Å². The molecule has 2 amide bonds. The number of carbonyl (C=O) groups is 4. The van der Waals surface area contributed by atoms with Gasteiger partial charge >= 0.3 is 0 Å². The van der Waals surface area contributed by atoms with Crippen LogP contribution in [0.5, 0.6) is 11.5 Å². The first-order valence-corrected chi connectivity index (χ1v) is 19.2. The highest BCUT2D eigenvalue weighted by atomic mass is 16.5. The van der Waals surface area contributed by atoms with Gasteiger partial charge in [0.05, 0.1) is 31.6 Å². The van der Waals surface area contributed by atoms with E-state index in [2.05, 4.69) is 48.3 Å². The molecule has 10 nitrogen and oxygen atoms in total. The van der Waals surface area contributed by atoms with E-state index in [1.54, 1.807) is 0 Å². The van der Waals surface area contributed by atoms with E-state index in [9.17, 15) is 19.2 Å². The first-order chi connectivity index (χ1) is 26.3. The Balaban J connectivity index is 0.00000116. The largest absolute Gasteiger partial charge is 0.494 e. The Morgan fingerprint density at radius 3 is 1.89 bits per heavy atom. The Morgan fingerprint density at radius 1 is 0.796 bits per heavy atom. The molecule has 4 aliphatic rings. The van der Waals surface area contributed by atoms with E-state index in [1.807, 2.05) is 92.7 Å². The first kappa shape index (κ1) is 44.8. The number of hydrogen-bond acceptors (Lipinski definition) is 8. The maximum absolute atomic E-state index is 13.5. The van der Waals surface area contributed by atoms with Gasteiger partial charge in [-0.25, -0.2) is 4.98 Å². The summed E-state index contributed by atoms with van der Waals surface area (Å²) in [6, 6.07) is 22.4. The summed E-state index contributed by atoms with van der Waals surface area (Å²) in [4.78, 5) is 60.1. The van der Waals surface area contributed by atoms with E-state index in [4.69, 9.17) is 9.47 Å². The molecule has 5 heterocycles. The average molecular weight is 739 g/mol. The van der Waals surface area contributed by atoms with Crippen LogP contribution in [0.4, 0.5) is 0 Å². The molecule has 290 valence electrons. The molecule has 1 aromatic heterocycles. The van der Waals surface area contributed by atoms with Crippen molar-refractivity contribution in [1.29, 1.82) is 0 Å². The van der Waals surface area contributed by atoms with Gasteiger partial charge in [0.15, 0.2) is 5.78 Å². The number of amides is 2. The van der Waals surface area contributed by atoms with Gasteiger partial charge in [-0.1, -0.05) is 109 Å². The fourth-order valence-electron chi connectivity index (χ4n) is 5.02. The molecule has 0 radical (unpaired) electrons. The van der Waals surface area contributed by atoms with Crippen LogP contribution in [-0.2, 0) is 28.9 Å². The number of rotatable bonds is 5. The number of ether oxygens (including phenoxy) is 2. The molecule has 4 aliphatic heterocycles. The van der Waals surface area contributed by atoms with E-state index >= 15 is 0 Å². The Labute approximate surface area is 321 Å². The molecule has 6 bridgehead atoms. The highest BCUT2D eigenvalue weighted by Crippen LogP contribution is 2.17. The van der Waals surface area contributed by atoms with Crippen molar-refractivity contribution < 1.29 is 28.7 Å². The summed E-state index contributed by atoms with van der Waals surface area (Å²) in [5, 5.41) is 5.51. The Hall–Kier alpha value is -5.38. The fraction of sp³-hybridized carbons (Fsp3) is 0.409. The van der Waals surface area contributed by atoms with Crippen LogP contribution in [0.3, 0.4) is 0 Å². The molecule has 4 aromatic rings. The van der Waals surface area contributed by atoms with E-state index in [-0.39, 0.29) is 30.0 Å². The number of nitrogens with one attached hydrogen (secondary N) is 2. The second kappa shape index (κ2) is 26.4. The zero-order valence-electron chi connectivity index (χ0n) is 32.8. The maximum atomic E-state index is 13.5. The van der Waals surface area contributed by atoms with Crippen molar-refractivity contribution in [2.45, 2.75) is 105 Å². The number of aryl methyl sites for hydroxylation is 1. The van der Waals surface area contributed by atoms with Gasteiger partial charge in [0, 0.05) is 12.8 Å². The van der Waals surface area contributed by atoms with Crippen LogP contribution in [0, 0.1) is 0 Å². The number of nitrogens with zero attached hydrogens (tertiary/aromatic N) is 2. The molecule has 3 aromatic carbocycles. The van der Waals surface area contributed by atoms with Crippen LogP contribution in [0.25, 0.3) is 0 Å². The number of benzene rings is 3. The fourth-order valence-corrected chi connectivity index (χ4v) is 5.02. The zero-order chi connectivity index (χ0) is 39.6. The van der Waals surface area contributed by atoms with Crippen LogP contribution in [0.2, 0.25) is 0 Å². The minimum Gasteiger partial charge on any atom is -0.494 e. The summed E-state index contributed by atoms with van der Waals surface area (Å²) in [5.74, 6) is -0.0197. The lowest BCUT2D eigenvalue weighted by molar-refractivity contribution is -0.125. The van der Waals surface area contributed by atoms with Gasteiger partial charge in [-0.05, 0) is 66.6 Å². The van der Waals surface area contributed by atoms with E-state index in [1.165, 1.54) is 25.2 Å². The van der Waals surface area contributed by atoms with Gasteiger partial charge in [0.1, 0.15) is 35.2 Å². The molecular weight excluding hydrogens is 681 g/mol. The van der Waals surface area contributed by atoms with Crippen molar-refractivity contribution >= 4 is 23.9 Å². The summed E-state index contributed by atoms with van der Waals surface area (Å²) in [6.07, 6.45) is 8.47. The molecule has 0 saturated heterocycles. The summed E-state index contributed by atoms with van der Waals surface area (Å²) in [5.41, 5.74) is 2.57. The van der Waals surface area contributed by atoms with Gasteiger partial charge in [0.2, 0.25) is 5.91 Å². The third-order valence-electron chi connectivity index (χ3n) is 7.57. The van der Waals surface area contributed by atoms with E-state index in [0.717, 1.165) is 35.3 Å². The summed E-state index contributed by atoms with van der Waals surface area (Å²) in [7, 11) is 0. The predicted octanol–water partition coefficient (Wildman–Crippen LogP) is 7.97. The molecule has 8 rings (SSSR count). The van der Waals surface area contributed by atoms with Crippen molar-refractivity contribution in [3.63, 3.8) is 0 Å². The van der Waals surface area contributed by atoms with Crippen molar-refractivity contribution in [3.8, 4) is 11.5 Å². The SMILES string of the molecule is CC.CCC.CCC.O=CC(Cc1ccccc1)NC(=O)[C@@H]1Cc2ccc(cc2)OCCCCOc2ccc(cc2)CCC(=O)c2cncc(n2)C(=O)N1. The van der Waals surface area contributed by atoms with Crippen molar-refractivity contribution in [1.82, 2.24) is 20.6 Å². The van der Waals surface area contributed by atoms with Crippen LogP contribution < -0.4 is 20.1 Å². The molecule has 0 saturated carbocycles. The normalized spacial score (nSPS) is 15.0. The minimum atomic E-state index is -1.05. The number of aromatic nitrogens is 2. The number of Topliss-reactive ketones (excluding diaryl/α,β-unsaturated/α-hetero) is 1. The third kappa shape index (κ3) is 16.5. The summed E-state index contributed by atoms with van der Waals surface area (Å²) in [6.45, 7) is 13.6. The molecule has 54 heavy (non-hydrogen) atoms. The lowest BCUT2D eigenvalue weighted by Gasteiger charge is -2.21.